The molecule has 0 fully saturated rings. The van der Waals surface area contributed by atoms with E-state index in [9.17, 15) is 13.9 Å². The summed E-state index contributed by atoms with van der Waals surface area (Å²) in [6, 6.07) is 13.1. The highest BCUT2D eigenvalue weighted by Gasteiger charge is 2.42. The molecule has 3 heterocycles. The van der Waals surface area contributed by atoms with Crippen molar-refractivity contribution >= 4 is 11.2 Å². The molecule has 0 aliphatic carbocycles. The van der Waals surface area contributed by atoms with Crippen LogP contribution in [0.4, 0.5) is 8.78 Å². The van der Waals surface area contributed by atoms with Crippen LogP contribution in [0.3, 0.4) is 0 Å². The highest BCUT2D eigenvalue weighted by Crippen LogP contribution is 2.39. The molecule has 0 bridgehead atoms. The normalized spacial score (nSPS) is 11.9. The van der Waals surface area contributed by atoms with E-state index in [0.717, 1.165) is 0 Å². The van der Waals surface area contributed by atoms with Gasteiger partial charge in [-0.1, -0.05) is 36.4 Å². The number of aryl methyl sites for hydroxylation is 2. The van der Waals surface area contributed by atoms with E-state index in [2.05, 4.69) is 30.6 Å². The monoisotopic (exact) mass is 433 g/mol. The number of aromatic amines is 1. The Bertz CT molecular complexity index is 1400. The SMILES string of the molecule is Cc1nc2nc(C(O)(c3ccccc3F)c3ccccc3F)n(C)c2cc1-c1nn[nH]n1. The lowest BCUT2D eigenvalue weighted by atomic mass is 9.84. The number of fused-ring (bicyclic) bond motifs is 1. The zero-order valence-electron chi connectivity index (χ0n) is 17.1. The maximum absolute atomic E-state index is 14.9. The van der Waals surface area contributed by atoms with Crippen molar-refractivity contribution in [1.29, 1.82) is 0 Å². The number of benzene rings is 2. The standard InChI is InChI=1S/C22H17F2N7O/c1-12-13(19-27-29-30-28-19)11-18-20(25-12)26-21(31(18)2)22(32,14-7-3-5-9-16(14)23)15-8-4-6-10-17(15)24/h3-11,32H,1-2H3,(H,27,28,29,30). The first-order valence-electron chi connectivity index (χ1n) is 9.72. The minimum absolute atomic E-state index is 0.0138. The van der Waals surface area contributed by atoms with E-state index in [-0.39, 0.29) is 17.0 Å². The smallest absolute Gasteiger partial charge is 0.206 e. The average Bonchev–Trinajstić information content (AvgIpc) is 3.42. The summed E-state index contributed by atoms with van der Waals surface area (Å²) < 4.78 is 31.4. The molecule has 3 aromatic heterocycles. The van der Waals surface area contributed by atoms with Crippen LogP contribution in [-0.2, 0) is 12.6 Å². The second-order valence-electron chi connectivity index (χ2n) is 7.36. The van der Waals surface area contributed by atoms with E-state index in [0.29, 0.717) is 28.2 Å². The average molecular weight is 433 g/mol. The third-order valence-corrected chi connectivity index (χ3v) is 5.50. The molecule has 2 N–H and O–H groups in total. The lowest BCUT2D eigenvalue weighted by Crippen LogP contribution is -2.34. The molecule has 5 rings (SSSR count). The zero-order chi connectivity index (χ0) is 22.5. The summed E-state index contributed by atoms with van der Waals surface area (Å²) in [4.78, 5) is 9.01. The van der Waals surface area contributed by atoms with Crippen LogP contribution in [0.25, 0.3) is 22.6 Å². The van der Waals surface area contributed by atoms with Crippen molar-refractivity contribution < 1.29 is 13.9 Å². The number of aliphatic hydroxyl groups is 1. The number of imidazole rings is 1. The van der Waals surface area contributed by atoms with Crippen LogP contribution in [-0.4, -0.2) is 40.3 Å². The fourth-order valence-corrected chi connectivity index (χ4v) is 3.92. The summed E-state index contributed by atoms with van der Waals surface area (Å²) in [6.07, 6.45) is 0. The largest absolute Gasteiger partial charge is 0.373 e. The van der Waals surface area contributed by atoms with E-state index in [4.69, 9.17) is 0 Å². The van der Waals surface area contributed by atoms with Crippen LogP contribution in [0.2, 0.25) is 0 Å². The van der Waals surface area contributed by atoms with Crippen LogP contribution >= 0.6 is 0 Å². The molecular formula is C22H17F2N7O. The summed E-state index contributed by atoms with van der Waals surface area (Å²) in [7, 11) is 1.65. The van der Waals surface area contributed by atoms with Crippen molar-refractivity contribution in [3.8, 4) is 11.4 Å². The van der Waals surface area contributed by atoms with Crippen LogP contribution in [0.1, 0.15) is 22.6 Å². The molecule has 0 aliphatic heterocycles. The molecule has 0 aliphatic rings. The zero-order valence-corrected chi connectivity index (χ0v) is 17.1. The fourth-order valence-electron chi connectivity index (χ4n) is 3.92. The Morgan fingerprint density at radius 3 is 2.16 bits per heavy atom. The number of hydrogen-bond acceptors (Lipinski definition) is 6. The van der Waals surface area contributed by atoms with Gasteiger partial charge in [0.15, 0.2) is 17.1 Å². The quantitative estimate of drug-likeness (QED) is 0.451. The van der Waals surface area contributed by atoms with Gasteiger partial charge < -0.3 is 9.67 Å². The van der Waals surface area contributed by atoms with Gasteiger partial charge in [-0.15, -0.1) is 10.2 Å². The minimum atomic E-state index is -2.22. The number of tetrazole rings is 1. The van der Waals surface area contributed by atoms with Crippen molar-refractivity contribution in [2.24, 2.45) is 7.05 Å². The molecule has 5 aromatic rings. The Labute approximate surface area is 180 Å². The first kappa shape index (κ1) is 19.9. The van der Waals surface area contributed by atoms with Gasteiger partial charge in [-0.05, 0) is 30.3 Å². The summed E-state index contributed by atoms with van der Waals surface area (Å²) in [6.45, 7) is 1.76. The Hall–Kier alpha value is -4.05. The van der Waals surface area contributed by atoms with Crippen molar-refractivity contribution in [3.05, 3.63) is 88.9 Å². The molecule has 160 valence electrons. The number of pyridine rings is 1. The Morgan fingerprint density at radius 1 is 0.969 bits per heavy atom. The number of rotatable bonds is 4. The van der Waals surface area contributed by atoms with Crippen molar-refractivity contribution in [1.82, 2.24) is 35.2 Å². The number of H-pyrrole nitrogens is 1. The third kappa shape index (κ3) is 2.88. The number of aromatic nitrogens is 7. The van der Waals surface area contributed by atoms with E-state index < -0.39 is 17.2 Å². The maximum atomic E-state index is 14.9. The van der Waals surface area contributed by atoms with Gasteiger partial charge in [-0.25, -0.2) is 18.7 Å². The number of nitrogens with zero attached hydrogens (tertiary/aromatic N) is 6. The molecule has 0 radical (unpaired) electrons. The van der Waals surface area contributed by atoms with Gasteiger partial charge in [0.05, 0.1) is 11.2 Å². The van der Waals surface area contributed by atoms with Crippen LogP contribution in [0, 0.1) is 18.6 Å². The topological polar surface area (TPSA) is 105 Å². The van der Waals surface area contributed by atoms with E-state index in [1.165, 1.54) is 36.4 Å². The molecule has 8 nitrogen and oxygen atoms in total. The summed E-state index contributed by atoms with van der Waals surface area (Å²) in [5.74, 6) is -1.03. The molecule has 0 saturated carbocycles. The summed E-state index contributed by atoms with van der Waals surface area (Å²) in [5.41, 5.74) is -0.441. The molecule has 0 atom stereocenters. The molecule has 0 spiro atoms. The third-order valence-electron chi connectivity index (χ3n) is 5.50. The molecule has 2 aromatic carbocycles. The van der Waals surface area contributed by atoms with Crippen molar-refractivity contribution in [3.63, 3.8) is 0 Å². The van der Waals surface area contributed by atoms with Gasteiger partial charge >= 0.3 is 0 Å². The number of halogens is 2. The summed E-state index contributed by atoms with van der Waals surface area (Å²) >= 11 is 0. The predicted molar refractivity (Wildman–Crippen MR) is 111 cm³/mol. The van der Waals surface area contributed by atoms with Crippen molar-refractivity contribution in [2.45, 2.75) is 12.5 Å². The van der Waals surface area contributed by atoms with Gasteiger partial charge in [0.2, 0.25) is 5.82 Å². The van der Waals surface area contributed by atoms with Gasteiger partial charge in [0, 0.05) is 23.7 Å². The Kier molecular flexibility index (Phi) is 4.52. The number of nitrogens with one attached hydrogen (secondary N) is 1. The van der Waals surface area contributed by atoms with E-state index in [1.54, 1.807) is 36.7 Å². The lowest BCUT2D eigenvalue weighted by molar-refractivity contribution is 0.104. The first-order valence-corrected chi connectivity index (χ1v) is 9.72. The molecule has 0 amide bonds. The second kappa shape index (κ2) is 7.27. The lowest BCUT2D eigenvalue weighted by Gasteiger charge is -2.29. The Balaban J connectivity index is 1.83. The second-order valence-corrected chi connectivity index (χ2v) is 7.36. The minimum Gasteiger partial charge on any atom is -0.373 e. The van der Waals surface area contributed by atoms with Crippen molar-refractivity contribution in [2.75, 3.05) is 0 Å². The van der Waals surface area contributed by atoms with E-state index >= 15 is 0 Å². The van der Waals surface area contributed by atoms with Gasteiger partial charge in [0.25, 0.3) is 0 Å². The maximum Gasteiger partial charge on any atom is 0.206 e. The highest BCUT2D eigenvalue weighted by molar-refractivity contribution is 5.79. The molecule has 0 unspecified atom stereocenters. The molecular weight excluding hydrogens is 416 g/mol. The van der Waals surface area contributed by atoms with Crippen LogP contribution in [0.15, 0.2) is 54.6 Å². The van der Waals surface area contributed by atoms with Gasteiger partial charge in [-0.2, -0.15) is 5.21 Å². The molecule has 32 heavy (non-hydrogen) atoms. The predicted octanol–water partition coefficient (Wildman–Crippen LogP) is 3.02. The molecule has 0 saturated heterocycles. The van der Waals surface area contributed by atoms with Gasteiger partial charge in [0.1, 0.15) is 11.6 Å². The number of hydrogen-bond donors (Lipinski definition) is 2. The highest BCUT2D eigenvalue weighted by atomic mass is 19.1. The Morgan fingerprint density at radius 2 is 1.59 bits per heavy atom. The summed E-state index contributed by atoms with van der Waals surface area (Å²) in [5, 5.41) is 25.9. The van der Waals surface area contributed by atoms with Crippen LogP contribution < -0.4 is 0 Å². The molecule has 10 heteroatoms. The van der Waals surface area contributed by atoms with E-state index in [1.807, 2.05) is 0 Å². The fraction of sp³-hybridized carbons (Fsp3) is 0.136. The first-order chi connectivity index (χ1) is 15.4. The van der Waals surface area contributed by atoms with Crippen LogP contribution in [0.5, 0.6) is 0 Å². The van der Waals surface area contributed by atoms with Gasteiger partial charge in [-0.3, -0.25) is 0 Å².